The number of primary amides is 1. The molecule has 0 aliphatic carbocycles. The first-order valence-electron chi connectivity index (χ1n) is 4.84. The molecule has 1 rings (SSSR count). The topological polar surface area (TPSA) is 80.5 Å². The van der Waals surface area contributed by atoms with Crippen molar-refractivity contribution < 1.29 is 14.4 Å². The maximum Gasteiger partial charge on any atom is 0.322 e. The van der Waals surface area contributed by atoms with Gasteiger partial charge < -0.3 is 5.73 Å². The molecule has 0 aliphatic heterocycles. The summed E-state index contributed by atoms with van der Waals surface area (Å²) in [5.41, 5.74) is 5.75. The molecule has 0 aromatic heterocycles. The molecule has 1 radical (unpaired) electrons. The summed E-state index contributed by atoms with van der Waals surface area (Å²) in [5.74, 6) is -0.648. The van der Waals surface area contributed by atoms with Crippen molar-refractivity contribution in [1.29, 1.82) is 0 Å². The second-order valence-corrected chi connectivity index (χ2v) is 3.15. The van der Waals surface area contributed by atoms with E-state index in [1.165, 1.54) is 18.4 Å². The summed E-state index contributed by atoms with van der Waals surface area (Å²) in [6, 6.07) is 8.09. The number of hydrogen-bond acceptors (Lipinski definition) is 3. The first-order valence-corrected chi connectivity index (χ1v) is 4.84. The third kappa shape index (κ3) is 3.90. The van der Waals surface area contributed by atoms with Gasteiger partial charge in [-0.25, -0.2) is 4.79 Å². The van der Waals surface area contributed by atoms with Crippen LogP contribution < -0.4 is 5.73 Å². The van der Waals surface area contributed by atoms with Crippen LogP contribution in [0.15, 0.2) is 36.4 Å². The van der Waals surface area contributed by atoms with Crippen molar-refractivity contribution in [3.05, 3.63) is 42.0 Å². The lowest BCUT2D eigenvalue weighted by molar-refractivity contribution is -0.122. The van der Waals surface area contributed by atoms with Gasteiger partial charge >= 0.3 is 6.03 Å². The van der Waals surface area contributed by atoms with E-state index < -0.39 is 18.5 Å². The SMILES string of the molecule is NC(=O)N(C[C]=O)C(=O)/C=C/c1ccccc1. The fourth-order valence-electron chi connectivity index (χ4n) is 1.15. The van der Waals surface area contributed by atoms with Crippen LogP contribution in [-0.2, 0) is 9.59 Å². The maximum atomic E-state index is 11.5. The third-order valence-electron chi connectivity index (χ3n) is 1.97. The van der Waals surface area contributed by atoms with E-state index in [0.29, 0.717) is 4.90 Å². The van der Waals surface area contributed by atoms with Gasteiger partial charge in [0.25, 0.3) is 5.91 Å². The summed E-state index contributed by atoms with van der Waals surface area (Å²) in [4.78, 5) is 33.1. The van der Waals surface area contributed by atoms with E-state index in [9.17, 15) is 14.4 Å². The lowest BCUT2D eigenvalue weighted by Crippen LogP contribution is -2.40. The predicted octanol–water partition coefficient (Wildman–Crippen LogP) is 0.717. The van der Waals surface area contributed by atoms with Crippen molar-refractivity contribution in [2.75, 3.05) is 6.54 Å². The molecule has 0 unspecified atom stereocenters. The van der Waals surface area contributed by atoms with Crippen molar-refractivity contribution in [1.82, 2.24) is 4.90 Å². The molecule has 87 valence electrons. The van der Waals surface area contributed by atoms with Gasteiger partial charge in [-0.15, -0.1) is 0 Å². The quantitative estimate of drug-likeness (QED) is 0.775. The van der Waals surface area contributed by atoms with E-state index in [1.54, 1.807) is 12.1 Å². The molecule has 3 amide bonds. The van der Waals surface area contributed by atoms with Crippen LogP contribution in [0.2, 0.25) is 0 Å². The molecule has 5 heteroatoms. The zero-order valence-corrected chi connectivity index (χ0v) is 9.00. The Labute approximate surface area is 98.5 Å². The molecule has 0 saturated heterocycles. The highest BCUT2D eigenvalue weighted by Crippen LogP contribution is 2.01. The summed E-state index contributed by atoms with van der Waals surface area (Å²) in [7, 11) is 0. The molecule has 5 nitrogen and oxygen atoms in total. The highest BCUT2D eigenvalue weighted by Gasteiger charge is 2.15. The Balaban J connectivity index is 2.73. The zero-order valence-electron chi connectivity index (χ0n) is 9.00. The summed E-state index contributed by atoms with van der Waals surface area (Å²) in [6.07, 6.45) is 4.16. The van der Waals surface area contributed by atoms with Crippen LogP contribution in [0.4, 0.5) is 4.79 Å². The lowest BCUT2D eigenvalue weighted by Gasteiger charge is -2.11. The lowest BCUT2D eigenvalue weighted by atomic mass is 10.2. The normalized spacial score (nSPS) is 10.1. The number of nitrogens with two attached hydrogens (primary N) is 1. The second-order valence-electron chi connectivity index (χ2n) is 3.15. The van der Waals surface area contributed by atoms with E-state index in [4.69, 9.17) is 5.73 Å². The number of benzene rings is 1. The summed E-state index contributed by atoms with van der Waals surface area (Å²) < 4.78 is 0. The number of amides is 3. The van der Waals surface area contributed by atoms with E-state index in [0.717, 1.165) is 5.56 Å². The number of hydrogen-bond donors (Lipinski definition) is 1. The number of rotatable bonds is 4. The zero-order chi connectivity index (χ0) is 12.7. The predicted molar refractivity (Wildman–Crippen MR) is 62.5 cm³/mol. The van der Waals surface area contributed by atoms with Crippen LogP contribution in [0, 0.1) is 0 Å². The van der Waals surface area contributed by atoms with Crippen LogP contribution >= 0.6 is 0 Å². The Hall–Kier alpha value is -2.43. The Kier molecular flexibility index (Phi) is 4.62. The van der Waals surface area contributed by atoms with E-state index >= 15 is 0 Å². The Bertz CT molecular complexity index is 440. The van der Waals surface area contributed by atoms with Gasteiger partial charge in [0.1, 0.15) is 0 Å². The van der Waals surface area contributed by atoms with Gasteiger partial charge in [-0.05, 0) is 11.6 Å². The highest BCUT2D eigenvalue weighted by molar-refractivity contribution is 6.03. The Morgan fingerprint density at radius 3 is 2.47 bits per heavy atom. The van der Waals surface area contributed by atoms with Gasteiger partial charge in [-0.1, -0.05) is 30.3 Å². The van der Waals surface area contributed by atoms with Crippen molar-refractivity contribution >= 4 is 24.3 Å². The summed E-state index contributed by atoms with van der Waals surface area (Å²) >= 11 is 0. The van der Waals surface area contributed by atoms with Gasteiger partial charge in [0.05, 0.1) is 6.54 Å². The van der Waals surface area contributed by atoms with Crippen molar-refractivity contribution in [2.45, 2.75) is 0 Å². The monoisotopic (exact) mass is 231 g/mol. The average molecular weight is 231 g/mol. The molecule has 0 saturated carbocycles. The van der Waals surface area contributed by atoms with Gasteiger partial charge in [0.15, 0.2) is 0 Å². The van der Waals surface area contributed by atoms with Crippen LogP contribution in [-0.4, -0.2) is 29.7 Å². The molecule has 1 aromatic rings. The molecule has 0 spiro atoms. The summed E-state index contributed by atoms with van der Waals surface area (Å²) in [6.45, 7) is -0.465. The van der Waals surface area contributed by atoms with E-state index in [1.807, 2.05) is 18.2 Å². The van der Waals surface area contributed by atoms with Gasteiger partial charge in [-0.3, -0.25) is 14.5 Å². The molecular formula is C12H11N2O3. The first kappa shape index (κ1) is 12.6. The number of carbonyl (C=O) groups is 2. The second kappa shape index (κ2) is 6.22. The first-order chi connectivity index (χ1) is 8.15. The average Bonchev–Trinajstić information content (AvgIpc) is 2.34. The van der Waals surface area contributed by atoms with Crippen LogP contribution in [0.5, 0.6) is 0 Å². The van der Waals surface area contributed by atoms with Crippen molar-refractivity contribution in [3.63, 3.8) is 0 Å². The smallest absolute Gasteiger partial charge is 0.322 e. The van der Waals surface area contributed by atoms with Crippen LogP contribution in [0.3, 0.4) is 0 Å². The number of carbonyl (C=O) groups excluding carboxylic acids is 3. The minimum atomic E-state index is -0.976. The fraction of sp³-hybridized carbons (Fsp3) is 0.0833. The molecule has 2 N–H and O–H groups in total. The number of urea groups is 1. The molecule has 0 atom stereocenters. The van der Waals surface area contributed by atoms with E-state index in [-0.39, 0.29) is 0 Å². The fourth-order valence-corrected chi connectivity index (χ4v) is 1.15. The molecule has 1 aromatic carbocycles. The summed E-state index contributed by atoms with van der Waals surface area (Å²) in [5, 5.41) is 0. The molecule has 0 aliphatic rings. The van der Waals surface area contributed by atoms with Crippen LogP contribution in [0.25, 0.3) is 6.08 Å². The molecular weight excluding hydrogens is 220 g/mol. The van der Waals surface area contributed by atoms with Crippen molar-refractivity contribution in [3.8, 4) is 0 Å². The highest BCUT2D eigenvalue weighted by atomic mass is 16.2. The molecule has 0 fully saturated rings. The van der Waals surface area contributed by atoms with Gasteiger partial charge in [0, 0.05) is 6.08 Å². The molecule has 0 heterocycles. The molecule has 0 bridgehead atoms. The van der Waals surface area contributed by atoms with Crippen molar-refractivity contribution in [2.24, 2.45) is 5.73 Å². The third-order valence-corrected chi connectivity index (χ3v) is 1.97. The van der Waals surface area contributed by atoms with Crippen LogP contribution in [0.1, 0.15) is 5.56 Å². The number of imide groups is 1. The maximum absolute atomic E-state index is 11.5. The Morgan fingerprint density at radius 2 is 1.94 bits per heavy atom. The Morgan fingerprint density at radius 1 is 1.29 bits per heavy atom. The van der Waals surface area contributed by atoms with Gasteiger partial charge in [0.2, 0.25) is 6.29 Å². The van der Waals surface area contributed by atoms with Gasteiger partial charge in [-0.2, -0.15) is 0 Å². The van der Waals surface area contributed by atoms with E-state index in [2.05, 4.69) is 0 Å². The number of nitrogens with zero attached hydrogens (tertiary/aromatic N) is 1. The molecule has 17 heavy (non-hydrogen) atoms. The largest absolute Gasteiger partial charge is 0.351 e. The standard InChI is InChI=1S/C12H11N2O3/c13-12(17)14(8-9-15)11(16)7-6-10-4-2-1-3-5-10/h1-7H,8H2,(H2,13,17)/b7-6+. The minimum Gasteiger partial charge on any atom is -0.351 e. The minimum absolute atomic E-state index is 0.465.